The van der Waals surface area contributed by atoms with Gasteiger partial charge >= 0.3 is 5.97 Å². The Hall–Kier alpha value is -3.40. The van der Waals surface area contributed by atoms with Crippen molar-refractivity contribution in [3.05, 3.63) is 36.2 Å². The van der Waals surface area contributed by atoms with Crippen molar-refractivity contribution in [3.8, 4) is 11.3 Å². The van der Waals surface area contributed by atoms with E-state index in [1.165, 1.54) is 4.90 Å². The molecule has 0 radical (unpaired) electrons. The fourth-order valence-electron chi connectivity index (χ4n) is 3.07. The summed E-state index contributed by atoms with van der Waals surface area (Å²) in [6.45, 7) is 6.21. The maximum absolute atomic E-state index is 12.3. The number of amides is 1. The highest BCUT2D eigenvalue weighted by Gasteiger charge is 2.23. The summed E-state index contributed by atoms with van der Waals surface area (Å²) in [5.74, 6) is -0.700. The first-order valence-electron chi connectivity index (χ1n) is 10.1. The summed E-state index contributed by atoms with van der Waals surface area (Å²) in [7, 11) is 1.63. The lowest BCUT2D eigenvalue weighted by Crippen LogP contribution is -2.31. The van der Waals surface area contributed by atoms with E-state index in [0.29, 0.717) is 18.2 Å². The average molecular weight is 428 g/mol. The van der Waals surface area contributed by atoms with Crippen LogP contribution in [0, 0.1) is 0 Å². The fraction of sp³-hybridized carbons (Fsp3) is 0.429. The number of nitrogens with one attached hydrogen (secondary N) is 2. The molecule has 1 atom stereocenters. The van der Waals surface area contributed by atoms with Crippen molar-refractivity contribution in [3.63, 3.8) is 0 Å². The van der Waals surface area contributed by atoms with Gasteiger partial charge in [-0.25, -0.2) is 0 Å². The molecule has 0 spiro atoms. The third kappa shape index (κ3) is 5.40. The molecule has 166 valence electrons. The van der Waals surface area contributed by atoms with Crippen LogP contribution >= 0.6 is 0 Å². The molecule has 0 bridgehead atoms. The summed E-state index contributed by atoms with van der Waals surface area (Å²) in [4.78, 5) is 24.5. The van der Waals surface area contributed by atoms with Gasteiger partial charge in [0.2, 0.25) is 5.91 Å². The minimum atomic E-state index is -0.999. The highest BCUT2D eigenvalue weighted by atomic mass is 16.5. The number of aromatic amines is 1. The number of anilines is 1. The Bertz CT molecular complexity index is 1060. The van der Waals surface area contributed by atoms with Crippen LogP contribution < -0.4 is 5.32 Å². The first-order chi connectivity index (χ1) is 14.8. The Morgan fingerprint density at radius 1 is 1.26 bits per heavy atom. The van der Waals surface area contributed by atoms with Crippen molar-refractivity contribution in [2.45, 2.75) is 45.8 Å². The van der Waals surface area contributed by atoms with Crippen LogP contribution in [0.25, 0.3) is 16.9 Å². The second-order valence-corrected chi connectivity index (χ2v) is 7.60. The van der Waals surface area contributed by atoms with Gasteiger partial charge in [-0.2, -0.15) is 14.7 Å². The number of carbonyl (C=O) groups is 2. The van der Waals surface area contributed by atoms with Crippen LogP contribution in [0.5, 0.6) is 0 Å². The van der Waals surface area contributed by atoms with Gasteiger partial charge in [0.1, 0.15) is 6.73 Å². The van der Waals surface area contributed by atoms with E-state index in [-0.39, 0.29) is 30.9 Å². The zero-order chi connectivity index (χ0) is 22.5. The zero-order valence-electron chi connectivity index (χ0n) is 18.1. The minimum absolute atomic E-state index is 0.0611. The number of rotatable bonds is 10. The van der Waals surface area contributed by atoms with Gasteiger partial charge in [0.25, 0.3) is 0 Å². The van der Waals surface area contributed by atoms with Gasteiger partial charge in [-0.3, -0.25) is 14.7 Å². The number of nitrogens with zero attached hydrogens (tertiary/aromatic N) is 4. The topological polar surface area (TPSA) is 125 Å². The molecule has 0 aliphatic heterocycles. The van der Waals surface area contributed by atoms with Crippen molar-refractivity contribution in [1.82, 2.24) is 24.7 Å². The number of aliphatic carboxylic acids is 1. The molecule has 0 aliphatic rings. The molecule has 0 aliphatic carbocycles. The van der Waals surface area contributed by atoms with E-state index < -0.39 is 5.97 Å². The van der Waals surface area contributed by atoms with Crippen LogP contribution in [-0.4, -0.2) is 61.6 Å². The highest BCUT2D eigenvalue weighted by molar-refractivity contribution is 5.80. The van der Waals surface area contributed by atoms with Crippen LogP contribution in [-0.2, 0) is 14.3 Å². The first-order valence-corrected chi connectivity index (χ1v) is 10.1. The average Bonchev–Trinajstić information content (AvgIpc) is 3.32. The Balaban J connectivity index is 1.78. The van der Waals surface area contributed by atoms with Gasteiger partial charge in [-0.15, -0.1) is 0 Å². The molecule has 2 aromatic heterocycles. The maximum atomic E-state index is 12.3. The van der Waals surface area contributed by atoms with Crippen LogP contribution in [0.2, 0.25) is 0 Å². The van der Waals surface area contributed by atoms with E-state index in [9.17, 15) is 9.59 Å². The summed E-state index contributed by atoms with van der Waals surface area (Å²) in [5, 5.41) is 23.9. The van der Waals surface area contributed by atoms with E-state index in [4.69, 9.17) is 9.84 Å². The van der Waals surface area contributed by atoms with E-state index in [0.717, 1.165) is 16.9 Å². The van der Waals surface area contributed by atoms with Gasteiger partial charge in [-0.05, 0) is 32.9 Å². The van der Waals surface area contributed by atoms with Crippen LogP contribution in [0.3, 0.4) is 0 Å². The standard InChI is InChI=1S/C21H28N6O4/c1-13(2)31-12-22-16-7-5-6-15(10-16)17-11-18-23-24-21(27(18)25-17)14(3)26(4)19(28)8-9-20(29)30/h5-7,10-11,13-14,22-23H,8-9,12H2,1-4H3,(H,29,30). The lowest BCUT2D eigenvalue weighted by atomic mass is 10.1. The maximum Gasteiger partial charge on any atom is 0.303 e. The number of fused-ring (bicyclic) bond motifs is 1. The molecule has 0 saturated carbocycles. The number of carboxylic acid groups (broad SMARTS) is 1. The summed E-state index contributed by atoms with van der Waals surface area (Å²) in [6, 6.07) is 9.36. The van der Waals surface area contributed by atoms with Crippen molar-refractivity contribution < 1.29 is 19.4 Å². The SMILES string of the molecule is CC(C)OCNc1cccc(-c2cc3[nH]nc(C(C)N(C)C(=O)CCC(=O)O)n3n2)c1. The van der Waals surface area contributed by atoms with Crippen LogP contribution in [0.15, 0.2) is 30.3 Å². The van der Waals surface area contributed by atoms with E-state index in [2.05, 4.69) is 20.6 Å². The Labute approximate surface area is 180 Å². The van der Waals surface area contributed by atoms with Gasteiger partial charge < -0.3 is 20.1 Å². The van der Waals surface area contributed by atoms with Gasteiger partial charge in [0, 0.05) is 30.8 Å². The smallest absolute Gasteiger partial charge is 0.303 e. The number of H-pyrrole nitrogens is 1. The van der Waals surface area contributed by atoms with E-state index in [1.807, 2.05) is 51.1 Å². The number of benzene rings is 1. The normalized spacial score (nSPS) is 12.3. The third-order valence-corrected chi connectivity index (χ3v) is 4.96. The lowest BCUT2D eigenvalue weighted by molar-refractivity contribution is -0.141. The summed E-state index contributed by atoms with van der Waals surface area (Å²) < 4.78 is 7.20. The molecule has 10 heteroatoms. The molecule has 31 heavy (non-hydrogen) atoms. The molecule has 0 saturated heterocycles. The molecule has 3 rings (SSSR count). The number of hydrogen-bond donors (Lipinski definition) is 3. The van der Waals surface area contributed by atoms with Gasteiger partial charge in [0.15, 0.2) is 11.5 Å². The number of ether oxygens (including phenoxy) is 1. The van der Waals surface area contributed by atoms with Gasteiger partial charge in [-0.1, -0.05) is 12.1 Å². The van der Waals surface area contributed by atoms with Crippen molar-refractivity contribution >= 4 is 23.2 Å². The Morgan fingerprint density at radius 3 is 2.74 bits per heavy atom. The first kappa shape index (κ1) is 22.3. The summed E-state index contributed by atoms with van der Waals surface area (Å²) >= 11 is 0. The molecule has 2 heterocycles. The molecule has 0 fully saturated rings. The molecule has 10 nitrogen and oxygen atoms in total. The second kappa shape index (κ2) is 9.61. The highest BCUT2D eigenvalue weighted by Crippen LogP contribution is 2.25. The van der Waals surface area contributed by atoms with E-state index >= 15 is 0 Å². The number of hydrogen-bond acceptors (Lipinski definition) is 6. The second-order valence-electron chi connectivity index (χ2n) is 7.60. The molecule has 1 amide bonds. The number of aromatic nitrogens is 4. The Kier molecular flexibility index (Phi) is 6.91. The predicted molar refractivity (Wildman–Crippen MR) is 116 cm³/mol. The van der Waals surface area contributed by atoms with Gasteiger partial charge in [0.05, 0.1) is 24.3 Å². The Morgan fingerprint density at radius 2 is 2.03 bits per heavy atom. The van der Waals surface area contributed by atoms with Crippen molar-refractivity contribution in [2.75, 3.05) is 19.1 Å². The molecule has 3 aromatic rings. The zero-order valence-corrected chi connectivity index (χ0v) is 18.1. The minimum Gasteiger partial charge on any atom is -0.481 e. The summed E-state index contributed by atoms with van der Waals surface area (Å²) in [6.07, 6.45) is -0.120. The molecule has 1 aromatic carbocycles. The molecule has 3 N–H and O–H groups in total. The quantitative estimate of drug-likeness (QED) is 0.424. The fourth-order valence-corrected chi connectivity index (χ4v) is 3.07. The molecule has 1 unspecified atom stereocenters. The van der Waals surface area contributed by atoms with E-state index in [1.54, 1.807) is 11.6 Å². The lowest BCUT2D eigenvalue weighted by Gasteiger charge is -2.23. The largest absolute Gasteiger partial charge is 0.481 e. The molecular weight excluding hydrogens is 400 g/mol. The number of carboxylic acids is 1. The third-order valence-electron chi connectivity index (χ3n) is 4.96. The summed E-state index contributed by atoms with van der Waals surface area (Å²) in [5.41, 5.74) is 3.31. The van der Waals surface area contributed by atoms with Crippen molar-refractivity contribution in [1.29, 1.82) is 0 Å². The number of carbonyl (C=O) groups excluding carboxylic acids is 1. The van der Waals surface area contributed by atoms with Crippen LogP contribution in [0.4, 0.5) is 5.69 Å². The molecular formula is C21H28N6O4. The van der Waals surface area contributed by atoms with Crippen molar-refractivity contribution in [2.24, 2.45) is 0 Å². The predicted octanol–water partition coefficient (Wildman–Crippen LogP) is 2.90. The monoisotopic (exact) mass is 428 g/mol. The van der Waals surface area contributed by atoms with Crippen LogP contribution in [0.1, 0.15) is 45.5 Å².